The molecule has 1 aromatic carbocycles. The van der Waals surface area contributed by atoms with E-state index >= 15 is 0 Å². The number of rotatable bonds is 4. The summed E-state index contributed by atoms with van der Waals surface area (Å²) >= 11 is 0. The van der Waals surface area contributed by atoms with E-state index in [4.69, 9.17) is 0 Å². The van der Waals surface area contributed by atoms with E-state index in [1.54, 1.807) is 19.9 Å². The highest BCUT2D eigenvalue weighted by Crippen LogP contribution is 2.18. The first-order chi connectivity index (χ1) is 8.69. The van der Waals surface area contributed by atoms with E-state index in [9.17, 15) is 12.8 Å². The molecule has 0 aliphatic carbocycles. The van der Waals surface area contributed by atoms with Crippen molar-refractivity contribution >= 4 is 26.8 Å². The van der Waals surface area contributed by atoms with Crippen LogP contribution in [0.4, 0.5) is 10.3 Å². The molecule has 0 aliphatic rings. The maximum Gasteiger partial charge on any atom is 0.201 e. The molecule has 0 aliphatic heterocycles. The molecule has 0 saturated carbocycles. The van der Waals surface area contributed by atoms with Crippen molar-refractivity contribution in [2.75, 3.05) is 18.1 Å². The van der Waals surface area contributed by atoms with E-state index in [2.05, 4.69) is 15.3 Å². The van der Waals surface area contributed by atoms with E-state index < -0.39 is 14.6 Å². The molecule has 2 rings (SSSR count). The van der Waals surface area contributed by atoms with Crippen LogP contribution in [0.2, 0.25) is 0 Å². The Morgan fingerprint density at radius 1 is 1.42 bits per heavy atom. The minimum absolute atomic E-state index is 0.216. The van der Waals surface area contributed by atoms with Gasteiger partial charge in [0.15, 0.2) is 9.84 Å². The standard InChI is InChI=1S/C12H16FN3O2S/c1-12(2,19(3,17)18)7-14-11-15-9-5-4-8(13)6-10(9)16-11/h4-6H,7H2,1-3H3,(H2,14,15,16). The Morgan fingerprint density at radius 2 is 2.11 bits per heavy atom. The van der Waals surface area contributed by atoms with E-state index in [-0.39, 0.29) is 12.4 Å². The normalized spacial score (nSPS) is 12.8. The average Bonchev–Trinajstić information content (AvgIpc) is 2.67. The van der Waals surface area contributed by atoms with Crippen molar-refractivity contribution in [2.24, 2.45) is 0 Å². The van der Waals surface area contributed by atoms with Crippen LogP contribution in [0, 0.1) is 5.82 Å². The highest BCUT2D eigenvalue weighted by atomic mass is 32.2. The minimum atomic E-state index is -3.17. The lowest BCUT2D eigenvalue weighted by molar-refractivity contribution is 0.559. The molecule has 0 spiro atoms. The molecule has 19 heavy (non-hydrogen) atoms. The molecule has 104 valence electrons. The molecule has 1 heterocycles. The number of halogens is 1. The lowest BCUT2D eigenvalue weighted by Crippen LogP contribution is -2.38. The first-order valence-corrected chi connectivity index (χ1v) is 7.67. The number of aromatic nitrogens is 2. The number of H-pyrrole nitrogens is 1. The molecule has 0 atom stereocenters. The molecule has 7 heteroatoms. The molecule has 2 aromatic rings. The molecule has 1 aromatic heterocycles. The lowest BCUT2D eigenvalue weighted by Gasteiger charge is -2.22. The number of hydrogen-bond donors (Lipinski definition) is 2. The second-order valence-corrected chi connectivity index (χ2v) is 7.78. The van der Waals surface area contributed by atoms with Gasteiger partial charge in [-0.15, -0.1) is 0 Å². The van der Waals surface area contributed by atoms with Crippen LogP contribution >= 0.6 is 0 Å². The first-order valence-electron chi connectivity index (χ1n) is 5.78. The van der Waals surface area contributed by atoms with Crippen LogP contribution < -0.4 is 5.32 Å². The Hall–Kier alpha value is -1.63. The molecule has 0 amide bonds. The number of hydrogen-bond acceptors (Lipinski definition) is 4. The third-order valence-electron chi connectivity index (χ3n) is 3.13. The zero-order valence-electron chi connectivity index (χ0n) is 11.0. The minimum Gasteiger partial charge on any atom is -0.354 e. The number of imidazole rings is 1. The van der Waals surface area contributed by atoms with Gasteiger partial charge in [0, 0.05) is 12.8 Å². The van der Waals surface area contributed by atoms with E-state index in [0.717, 1.165) is 0 Å². The van der Waals surface area contributed by atoms with E-state index in [1.807, 2.05) is 0 Å². The zero-order chi connectivity index (χ0) is 14.3. The van der Waals surface area contributed by atoms with Gasteiger partial charge in [-0.1, -0.05) is 0 Å². The van der Waals surface area contributed by atoms with Crippen LogP contribution in [0.5, 0.6) is 0 Å². The fourth-order valence-corrected chi connectivity index (χ4v) is 1.83. The Morgan fingerprint density at radius 3 is 2.74 bits per heavy atom. The molecule has 0 saturated heterocycles. The summed E-state index contributed by atoms with van der Waals surface area (Å²) in [5.74, 6) is 0.0801. The number of aromatic amines is 1. The van der Waals surface area contributed by atoms with Crippen LogP contribution in [0.15, 0.2) is 18.2 Å². The fourth-order valence-electron chi connectivity index (χ4n) is 1.49. The van der Waals surface area contributed by atoms with E-state index in [0.29, 0.717) is 17.0 Å². The van der Waals surface area contributed by atoms with Crippen LogP contribution in [-0.4, -0.2) is 35.9 Å². The molecular weight excluding hydrogens is 269 g/mol. The van der Waals surface area contributed by atoms with Crippen molar-refractivity contribution in [2.45, 2.75) is 18.6 Å². The molecule has 2 N–H and O–H groups in total. The monoisotopic (exact) mass is 285 g/mol. The molecule has 0 unspecified atom stereocenters. The summed E-state index contributed by atoms with van der Waals surface area (Å²) < 4.78 is 35.3. The second-order valence-electron chi connectivity index (χ2n) is 5.13. The number of benzene rings is 1. The summed E-state index contributed by atoms with van der Waals surface area (Å²) in [5.41, 5.74) is 1.20. The molecule has 5 nitrogen and oxygen atoms in total. The van der Waals surface area contributed by atoms with Crippen molar-refractivity contribution in [3.8, 4) is 0 Å². The molecule has 0 fully saturated rings. The van der Waals surface area contributed by atoms with Crippen molar-refractivity contribution in [3.63, 3.8) is 0 Å². The first kappa shape index (κ1) is 13.8. The predicted octanol–water partition coefficient (Wildman–Crippen LogP) is 1.94. The number of fused-ring (bicyclic) bond motifs is 1. The van der Waals surface area contributed by atoms with Gasteiger partial charge >= 0.3 is 0 Å². The van der Waals surface area contributed by atoms with Crippen LogP contribution in [0.25, 0.3) is 11.0 Å². The predicted molar refractivity (Wildman–Crippen MR) is 73.5 cm³/mol. The third-order valence-corrected chi connectivity index (χ3v) is 5.28. The second kappa shape index (κ2) is 4.48. The molecular formula is C12H16FN3O2S. The van der Waals surface area contributed by atoms with Crippen molar-refractivity contribution < 1.29 is 12.8 Å². The lowest BCUT2D eigenvalue weighted by atomic mass is 10.2. The highest BCUT2D eigenvalue weighted by Gasteiger charge is 2.30. The van der Waals surface area contributed by atoms with E-state index in [1.165, 1.54) is 18.4 Å². The van der Waals surface area contributed by atoms with Gasteiger partial charge in [-0.05, 0) is 32.0 Å². The van der Waals surface area contributed by atoms with Crippen molar-refractivity contribution in [1.82, 2.24) is 9.97 Å². The number of anilines is 1. The summed E-state index contributed by atoms with van der Waals surface area (Å²) in [7, 11) is -3.17. The van der Waals surface area contributed by atoms with Gasteiger partial charge < -0.3 is 10.3 Å². The largest absolute Gasteiger partial charge is 0.354 e. The van der Waals surface area contributed by atoms with Gasteiger partial charge in [-0.3, -0.25) is 0 Å². The Labute approximate surface area is 111 Å². The summed E-state index contributed by atoms with van der Waals surface area (Å²) in [6, 6.07) is 4.23. The Balaban J connectivity index is 2.19. The number of sulfone groups is 1. The Kier molecular flexibility index (Phi) is 3.25. The van der Waals surface area contributed by atoms with Gasteiger partial charge in [0.25, 0.3) is 0 Å². The zero-order valence-corrected chi connectivity index (χ0v) is 11.8. The maximum atomic E-state index is 13.0. The van der Waals surface area contributed by atoms with Crippen LogP contribution in [-0.2, 0) is 9.84 Å². The molecule has 0 bridgehead atoms. The summed E-state index contributed by atoms with van der Waals surface area (Å²) in [6.45, 7) is 3.49. The number of nitrogens with zero attached hydrogens (tertiary/aromatic N) is 1. The smallest absolute Gasteiger partial charge is 0.201 e. The van der Waals surface area contributed by atoms with Crippen molar-refractivity contribution in [1.29, 1.82) is 0 Å². The van der Waals surface area contributed by atoms with Crippen molar-refractivity contribution in [3.05, 3.63) is 24.0 Å². The van der Waals surface area contributed by atoms with Crippen LogP contribution in [0.1, 0.15) is 13.8 Å². The third kappa shape index (κ3) is 2.86. The van der Waals surface area contributed by atoms with Gasteiger partial charge in [-0.2, -0.15) is 0 Å². The quantitative estimate of drug-likeness (QED) is 0.900. The van der Waals surface area contributed by atoms with Gasteiger partial charge in [0.05, 0.1) is 15.8 Å². The van der Waals surface area contributed by atoms with Gasteiger partial charge in [-0.25, -0.2) is 17.8 Å². The SMILES string of the molecule is CC(C)(CNc1nc2ccc(F)cc2[nH]1)S(C)(=O)=O. The average molecular weight is 285 g/mol. The maximum absolute atomic E-state index is 13.0. The van der Waals surface area contributed by atoms with Gasteiger partial charge in [0.2, 0.25) is 5.95 Å². The van der Waals surface area contributed by atoms with Crippen LogP contribution in [0.3, 0.4) is 0 Å². The summed E-state index contributed by atoms with van der Waals surface area (Å²) in [4.78, 5) is 7.11. The Bertz CT molecular complexity index is 707. The highest BCUT2D eigenvalue weighted by molar-refractivity contribution is 7.92. The topological polar surface area (TPSA) is 74.8 Å². The van der Waals surface area contributed by atoms with Gasteiger partial charge in [0.1, 0.15) is 5.82 Å². The number of nitrogens with one attached hydrogen (secondary N) is 2. The fraction of sp³-hybridized carbons (Fsp3) is 0.417. The molecule has 0 radical (unpaired) electrons. The summed E-state index contributed by atoms with van der Waals surface area (Å²) in [5, 5.41) is 2.93. The summed E-state index contributed by atoms with van der Waals surface area (Å²) in [6.07, 6.45) is 1.20.